The number of nitrogens with zero attached hydrogens (tertiary/aromatic N) is 1. The van der Waals surface area contributed by atoms with Crippen LogP contribution >= 0.6 is 0 Å². The van der Waals surface area contributed by atoms with Gasteiger partial charge in [0.15, 0.2) is 11.7 Å². The molecule has 2 N–H and O–H groups in total. The summed E-state index contributed by atoms with van der Waals surface area (Å²) in [5.41, 5.74) is 0.373. The molecule has 2 aromatic rings. The topological polar surface area (TPSA) is 67.2 Å². The van der Waals surface area contributed by atoms with E-state index >= 15 is 0 Å². The van der Waals surface area contributed by atoms with Crippen LogP contribution in [0.1, 0.15) is 25.7 Å². The number of aromatic nitrogens is 1. The first-order valence-corrected chi connectivity index (χ1v) is 7.87. The van der Waals surface area contributed by atoms with E-state index in [0.29, 0.717) is 36.6 Å². The van der Waals surface area contributed by atoms with E-state index in [2.05, 4.69) is 22.5 Å². The fraction of sp³-hybridized carbons (Fsp3) is 0.412. The van der Waals surface area contributed by atoms with Gasteiger partial charge >= 0.3 is 0 Å². The van der Waals surface area contributed by atoms with Crippen molar-refractivity contribution in [2.24, 2.45) is 0 Å². The molecular formula is C17H22FN3O2. The van der Waals surface area contributed by atoms with Crippen LogP contribution in [-0.4, -0.2) is 30.5 Å². The maximum Gasteiger partial charge on any atom is 0.220 e. The predicted octanol–water partition coefficient (Wildman–Crippen LogP) is 2.53. The van der Waals surface area contributed by atoms with Crippen molar-refractivity contribution < 1.29 is 13.6 Å². The third-order valence-corrected chi connectivity index (χ3v) is 3.31. The Labute approximate surface area is 135 Å². The van der Waals surface area contributed by atoms with E-state index in [1.165, 1.54) is 12.3 Å². The van der Waals surface area contributed by atoms with E-state index in [4.69, 9.17) is 4.42 Å². The Bertz CT molecular complexity index is 628. The molecule has 2 rings (SSSR count). The number of oxazole rings is 1. The molecule has 1 aromatic carbocycles. The number of carbonyl (C=O) groups is 1. The van der Waals surface area contributed by atoms with Crippen molar-refractivity contribution >= 4 is 5.91 Å². The zero-order valence-electron chi connectivity index (χ0n) is 13.3. The van der Waals surface area contributed by atoms with Crippen LogP contribution in [-0.2, 0) is 11.2 Å². The molecule has 0 bridgehead atoms. The summed E-state index contributed by atoms with van der Waals surface area (Å²) in [6, 6.07) is 6.36. The second kappa shape index (κ2) is 9.05. The van der Waals surface area contributed by atoms with Gasteiger partial charge in [0.05, 0.1) is 11.8 Å². The number of aryl methyl sites for hydroxylation is 1. The highest BCUT2D eigenvalue weighted by Crippen LogP contribution is 2.23. The first kappa shape index (κ1) is 17.1. The second-order valence-electron chi connectivity index (χ2n) is 5.20. The fourth-order valence-electron chi connectivity index (χ4n) is 2.11. The first-order valence-electron chi connectivity index (χ1n) is 7.87. The van der Waals surface area contributed by atoms with Gasteiger partial charge in [-0.1, -0.05) is 19.1 Å². The average Bonchev–Trinajstić information content (AvgIpc) is 3.02. The molecule has 0 saturated carbocycles. The van der Waals surface area contributed by atoms with Gasteiger partial charge in [-0.3, -0.25) is 4.79 Å². The summed E-state index contributed by atoms with van der Waals surface area (Å²) in [6.45, 7) is 4.41. The van der Waals surface area contributed by atoms with Crippen LogP contribution in [0.5, 0.6) is 0 Å². The normalized spacial score (nSPS) is 10.7. The lowest BCUT2D eigenvalue weighted by atomic mass is 10.2. The minimum atomic E-state index is -0.354. The van der Waals surface area contributed by atoms with Crippen molar-refractivity contribution in [1.82, 2.24) is 15.6 Å². The Morgan fingerprint density at radius 2 is 2.09 bits per heavy atom. The second-order valence-corrected chi connectivity index (χ2v) is 5.20. The summed E-state index contributed by atoms with van der Waals surface area (Å²) in [5.74, 6) is 0.409. The van der Waals surface area contributed by atoms with E-state index < -0.39 is 0 Å². The van der Waals surface area contributed by atoms with Crippen molar-refractivity contribution in [1.29, 1.82) is 0 Å². The van der Waals surface area contributed by atoms with Crippen LogP contribution in [0, 0.1) is 5.82 Å². The molecule has 6 heteroatoms. The standard InChI is InChI=1S/C17H22FN3O2/c1-2-9-19-10-11-20-16(22)7-8-17-21-12-15(23-17)13-5-3-4-6-14(13)18/h3-6,12,19H,2,7-11H2,1H3,(H,20,22). The lowest BCUT2D eigenvalue weighted by Crippen LogP contribution is -2.32. The number of hydrogen-bond donors (Lipinski definition) is 2. The van der Waals surface area contributed by atoms with E-state index in [1.807, 2.05) is 0 Å². The molecule has 1 heterocycles. The van der Waals surface area contributed by atoms with Crippen molar-refractivity contribution in [3.05, 3.63) is 42.2 Å². The van der Waals surface area contributed by atoms with Gasteiger partial charge in [-0.15, -0.1) is 0 Å². The predicted molar refractivity (Wildman–Crippen MR) is 86.4 cm³/mol. The number of carbonyl (C=O) groups excluding carboxylic acids is 1. The maximum absolute atomic E-state index is 13.7. The molecule has 0 atom stereocenters. The van der Waals surface area contributed by atoms with Gasteiger partial charge in [0, 0.05) is 25.9 Å². The first-order chi connectivity index (χ1) is 11.2. The van der Waals surface area contributed by atoms with Gasteiger partial charge in [0.2, 0.25) is 5.91 Å². The minimum absolute atomic E-state index is 0.0473. The van der Waals surface area contributed by atoms with Crippen LogP contribution in [0.3, 0.4) is 0 Å². The van der Waals surface area contributed by atoms with E-state index in [1.54, 1.807) is 18.2 Å². The van der Waals surface area contributed by atoms with Crippen LogP contribution in [0.4, 0.5) is 4.39 Å². The van der Waals surface area contributed by atoms with Gasteiger partial charge in [0.25, 0.3) is 0 Å². The number of benzene rings is 1. The molecule has 5 nitrogen and oxygen atoms in total. The van der Waals surface area contributed by atoms with Crippen LogP contribution in [0.15, 0.2) is 34.9 Å². The summed E-state index contributed by atoms with van der Waals surface area (Å²) in [5, 5.41) is 6.04. The third-order valence-electron chi connectivity index (χ3n) is 3.31. The minimum Gasteiger partial charge on any atom is -0.441 e. The molecule has 124 valence electrons. The number of rotatable bonds is 9. The number of amides is 1. The Hall–Kier alpha value is -2.21. The molecule has 0 fully saturated rings. The number of halogens is 1. The molecule has 0 aliphatic carbocycles. The molecule has 0 radical (unpaired) electrons. The van der Waals surface area contributed by atoms with Gasteiger partial charge < -0.3 is 15.1 Å². The zero-order chi connectivity index (χ0) is 16.5. The average molecular weight is 319 g/mol. The van der Waals surface area contributed by atoms with Crippen LogP contribution in [0.25, 0.3) is 11.3 Å². The molecule has 1 amide bonds. The quantitative estimate of drug-likeness (QED) is 0.697. The van der Waals surface area contributed by atoms with Gasteiger partial charge in [-0.2, -0.15) is 0 Å². The highest BCUT2D eigenvalue weighted by atomic mass is 19.1. The maximum atomic E-state index is 13.7. The van der Waals surface area contributed by atoms with Crippen LogP contribution in [0.2, 0.25) is 0 Å². The molecule has 0 spiro atoms. The van der Waals surface area contributed by atoms with Crippen molar-refractivity contribution in [2.45, 2.75) is 26.2 Å². The lowest BCUT2D eigenvalue weighted by Gasteiger charge is -2.05. The summed E-state index contributed by atoms with van der Waals surface area (Å²) in [7, 11) is 0. The van der Waals surface area contributed by atoms with Crippen molar-refractivity contribution in [2.75, 3.05) is 19.6 Å². The summed E-state index contributed by atoms with van der Waals surface area (Å²) in [6.07, 6.45) is 3.25. The summed E-state index contributed by atoms with van der Waals surface area (Å²) < 4.78 is 19.2. The van der Waals surface area contributed by atoms with E-state index in [9.17, 15) is 9.18 Å². The largest absolute Gasteiger partial charge is 0.441 e. The monoisotopic (exact) mass is 319 g/mol. The molecule has 0 aliphatic rings. The van der Waals surface area contributed by atoms with Crippen molar-refractivity contribution in [3.8, 4) is 11.3 Å². The Balaban J connectivity index is 1.77. The molecule has 0 unspecified atom stereocenters. The van der Waals surface area contributed by atoms with Gasteiger partial charge in [-0.25, -0.2) is 9.37 Å². The molecule has 0 saturated heterocycles. The summed E-state index contributed by atoms with van der Waals surface area (Å²) >= 11 is 0. The van der Waals surface area contributed by atoms with E-state index in [-0.39, 0.29) is 11.7 Å². The van der Waals surface area contributed by atoms with Gasteiger partial charge in [0.1, 0.15) is 5.82 Å². The zero-order valence-corrected chi connectivity index (χ0v) is 13.3. The smallest absolute Gasteiger partial charge is 0.220 e. The van der Waals surface area contributed by atoms with Crippen molar-refractivity contribution in [3.63, 3.8) is 0 Å². The Morgan fingerprint density at radius 3 is 2.87 bits per heavy atom. The molecule has 0 aliphatic heterocycles. The summed E-state index contributed by atoms with van der Waals surface area (Å²) in [4.78, 5) is 15.8. The molecule has 23 heavy (non-hydrogen) atoms. The lowest BCUT2D eigenvalue weighted by molar-refractivity contribution is -0.121. The van der Waals surface area contributed by atoms with E-state index in [0.717, 1.165) is 19.5 Å². The Kier molecular flexibility index (Phi) is 6.75. The highest BCUT2D eigenvalue weighted by molar-refractivity contribution is 5.76. The molecule has 1 aromatic heterocycles. The highest BCUT2D eigenvalue weighted by Gasteiger charge is 2.11. The number of nitrogens with one attached hydrogen (secondary N) is 2. The Morgan fingerprint density at radius 1 is 1.26 bits per heavy atom. The SMILES string of the molecule is CCCNCCNC(=O)CCc1ncc(-c2ccccc2F)o1. The molecular weight excluding hydrogens is 297 g/mol. The number of hydrogen-bond acceptors (Lipinski definition) is 4. The fourth-order valence-corrected chi connectivity index (χ4v) is 2.11. The van der Waals surface area contributed by atoms with Gasteiger partial charge in [-0.05, 0) is 25.1 Å². The van der Waals surface area contributed by atoms with Crippen LogP contribution < -0.4 is 10.6 Å². The third kappa shape index (κ3) is 5.49.